The number of para-hydroxylation sites is 1. The summed E-state index contributed by atoms with van der Waals surface area (Å²) in [7, 11) is 0. The Balaban J connectivity index is 1.14. The van der Waals surface area contributed by atoms with Gasteiger partial charge in [0.15, 0.2) is 0 Å². The predicted octanol–water partition coefficient (Wildman–Crippen LogP) is 14.7. The van der Waals surface area contributed by atoms with Crippen LogP contribution in [0.2, 0.25) is 0 Å². The minimum absolute atomic E-state index is 0.145. The van der Waals surface area contributed by atoms with Crippen molar-refractivity contribution in [1.82, 2.24) is 0 Å². The van der Waals surface area contributed by atoms with Gasteiger partial charge in [0.05, 0.1) is 5.69 Å². The second-order valence-electron chi connectivity index (χ2n) is 15.7. The van der Waals surface area contributed by atoms with E-state index in [1.807, 2.05) is 0 Å². The average molecular weight is 670 g/mol. The van der Waals surface area contributed by atoms with Gasteiger partial charge in [-0.2, -0.15) is 0 Å². The number of anilines is 3. The maximum absolute atomic E-state index is 2.47. The van der Waals surface area contributed by atoms with Gasteiger partial charge in [-0.15, -0.1) is 0 Å². The van der Waals surface area contributed by atoms with Gasteiger partial charge in [0.25, 0.3) is 0 Å². The van der Waals surface area contributed by atoms with E-state index in [9.17, 15) is 0 Å². The van der Waals surface area contributed by atoms with Gasteiger partial charge in [-0.3, -0.25) is 0 Å². The van der Waals surface area contributed by atoms with Crippen LogP contribution in [0.4, 0.5) is 17.1 Å². The molecule has 0 atom stereocenters. The summed E-state index contributed by atoms with van der Waals surface area (Å²) in [6.07, 6.45) is 0. The summed E-state index contributed by atoms with van der Waals surface area (Å²) in [6.45, 7) is 13.5. The zero-order valence-electron chi connectivity index (χ0n) is 30.9. The normalized spacial score (nSPS) is 12.0. The molecule has 1 nitrogen and oxygen atoms in total. The highest BCUT2D eigenvalue weighted by atomic mass is 15.1. The summed E-state index contributed by atoms with van der Waals surface area (Å²) in [5, 5.41) is 5.08. The highest BCUT2D eigenvalue weighted by molar-refractivity contribution is 6.12. The zero-order chi connectivity index (χ0) is 35.7. The first-order valence-corrected chi connectivity index (χ1v) is 18.4. The van der Waals surface area contributed by atoms with Gasteiger partial charge in [-0.25, -0.2) is 0 Å². The van der Waals surface area contributed by atoms with Crippen LogP contribution in [0.3, 0.4) is 0 Å². The molecule has 0 spiro atoms. The number of hydrogen-bond donors (Lipinski definition) is 0. The van der Waals surface area contributed by atoms with Crippen LogP contribution >= 0.6 is 0 Å². The molecule has 1 aliphatic carbocycles. The lowest BCUT2D eigenvalue weighted by Gasteiger charge is -2.31. The third kappa shape index (κ3) is 5.40. The molecule has 0 amide bonds. The summed E-state index contributed by atoms with van der Waals surface area (Å²) in [5.74, 6) is 0. The molecule has 0 heterocycles. The van der Waals surface area contributed by atoms with Crippen molar-refractivity contribution in [2.75, 3.05) is 4.90 Å². The Morgan fingerprint density at radius 3 is 1.54 bits per heavy atom. The largest absolute Gasteiger partial charge is 0.310 e. The maximum atomic E-state index is 2.47. The molecule has 0 N–H and O–H groups in total. The molecule has 252 valence electrons. The topological polar surface area (TPSA) is 3.24 Å². The Kier molecular flexibility index (Phi) is 7.45. The number of aryl methyl sites for hydroxylation is 3. The molecule has 52 heavy (non-hydrogen) atoms. The Morgan fingerprint density at radius 1 is 0.385 bits per heavy atom. The van der Waals surface area contributed by atoms with E-state index in [1.54, 1.807) is 0 Å². The van der Waals surface area contributed by atoms with E-state index in [-0.39, 0.29) is 5.41 Å². The van der Waals surface area contributed by atoms with Crippen LogP contribution in [0.5, 0.6) is 0 Å². The Bertz CT molecular complexity index is 2650. The monoisotopic (exact) mass is 669 g/mol. The van der Waals surface area contributed by atoms with Crippen molar-refractivity contribution in [3.8, 4) is 44.5 Å². The Morgan fingerprint density at radius 2 is 0.904 bits per heavy atom. The summed E-state index contributed by atoms with van der Waals surface area (Å²) in [4.78, 5) is 2.47. The minimum Gasteiger partial charge on any atom is -0.310 e. The van der Waals surface area contributed by atoms with Crippen molar-refractivity contribution in [2.24, 2.45) is 0 Å². The molecule has 8 aromatic carbocycles. The quantitative estimate of drug-likeness (QED) is 0.176. The zero-order valence-corrected chi connectivity index (χ0v) is 30.9. The van der Waals surface area contributed by atoms with Crippen molar-refractivity contribution < 1.29 is 0 Å². The lowest BCUT2D eigenvalue weighted by Crippen LogP contribution is -2.14. The molecule has 0 aliphatic heterocycles. The van der Waals surface area contributed by atoms with E-state index >= 15 is 0 Å². The third-order valence-corrected chi connectivity index (χ3v) is 11.1. The molecule has 0 saturated carbocycles. The Labute approximate surface area is 307 Å². The van der Waals surface area contributed by atoms with Gasteiger partial charge in [0.2, 0.25) is 0 Å². The fourth-order valence-corrected chi connectivity index (χ4v) is 8.10. The second kappa shape index (κ2) is 12.1. The fraction of sp³-hybridized carbons (Fsp3) is 0.137. The molecule has 0 fully saturated rings. The van der Waals surface area contributed by atoms with Gasteiger partial charge >= 0.3 is 0 Å². The molecule has 0 radical (unpaired) electrons. The molecular weight excluding hydrogens is 627 g/mol. The number of nitrogens with zero attached hydrogens (tertiary/aromatic N) is 1. The fourth-order valence-electron chi connectivity index (χ4n) is 8.10. The highest BCUT2D eigenvalue weighted by Gasteiger charge is 2.25. The van der Waals surface area contributed by atoms with Gasteiger partial charge < -0.3 is 4.90 Å². The van der Waals surface area contributed by atoms with Crippen molar-refractivity contribution in [2.45, 2.75) is 47.0 Å². The van der Waals surface area contributed by atoms with Gasteiger partial charge in [0, 0.05) is 11.4 Å². The summed E-state index contributed by atoms with van der Waals surface area (Å²) < 4.78 is 0. The summed E-state index contributed by atoms with van der Waals surface area (Å²) in [5.41, 5.74) is 19.2. The number of hydrogen-bond acceptors (Lipinski definition) is 1. The van der Waals surface area contributed by atoms with E-state index in [0.29, 0.717) is 0 Å². The van der Waals surface area contributed by atoms with Crippen LogP contribution < -0.4 is 4.90 Å². The first kappa shape index (κ1) is 32.0. The minimum atomic E-state index is 0.145. The van der Waals surface area contributed by atoms with E-state index in [1.165, 1.54) is 105 Å². The molecule has 8 aromatic rings. The van der Waals surface area contributed by atoms with Crippen LogP contribution in [0.1, 0.15) is 43.0 Å². The van der Waals surface area contributed by atoms with Crippen molar-refractivity contribution in [3.05, 3.63) is 174 Å². The van der Waals surface area contributed by atoms with Gasteiger partial charge in [-0.05, 0) is 163 Å². The van der Waals surface area contributed by atoms with E-state index in [2.05, 4.69) is 198 Å². The molecule has 0 aromatic heterocycles. The van der Waals surface area contributed by atoms with Gasteiger partial charge in [0.1, 0.15) is 0 Å². The summed E-state index contributed by atoms with van der Waals surface area (Å²) >= 11 is 0. The second-order valence-corrected chi connectivity index (χ2v) is 15.7. The van der Waals surface area contributed by atoms with Crippen LogP contribution in [0.25, 0.3) is 66.1 Å². The van der Waals surface area contributed by atoms with Crippen LogP contribution in [0.15, 0.2) is 152 Å². The molecule has 0 unspecified atom stereocenters. The molecule has 1 aliphatic rings. The summed E-state index contributed by atoms with van der Waals surface area (Å²) in [6, 6.07) is 56.7. The van der Waals surface area contributed by atoms with E-state index in [0.717, 1.165) is 0 Å². The number of rotatable bonds is 5. The smallest absolute Gasteiger partial charge is 0.0520 e. The number of benzene rings is 8. The first-order valence-electron chi connectivity index (χ1n) is 18.4. The van der Waals surface area contributed by atoms with Crippen molar-refractivity contribution in [3.63, 3.8) is 0 Å². The van der Waals surface area contributed by atoms with Gasteiger partial charge in [-0.1, -0.05) is 124 Å². The van der Waals surface area contributed by atoms with Crippen molar-refractivity contribution >= 4 is 38.6 Å². The molecule has 0 saturated heterocycles. The van der Waals surface area contributed by atoms with Crippen LogP contribution in [-0.2, 0) is 5.41 Å². The predicted molar refractivity (Wildman–Crippen MR) is 224 cm³/mol. The number of fused-ring (bicyclic) bond motifs is 6. The Hall–Kier alpha value is -5.92. The molecule has 1 heteroatoms. The highest BCUT2D eigenvalue weighted by Crippen LogP contribution is 2.51. The third-order valence-electron chi connectivity index (χ3n) is 11.1. The van der Waals surface area contributed by atoms with Crippen molar-refractivity contribution in [1.29, 1.82) is 0 Å². The van der Waals surface area contributed by atoms with E-state index in [4.69, 9.17) is 0 Å². The first-order chi connectivity index (χ1) is 25.1. The molecular formula is C51H43N. The lowest BCUT2D eigenvalue weighted by atomic mass is 9.77. The average Bonchev–Trinajstić information content (AvgIpc) is 3.15. The lowest BCUT2D eigenvalue weighted by molar-refractivity contribution is 0.590. The van der Waals surface area contributed by atoms with Crippen LogP contribution in [0, 0.1) is 20.8 Å². The molecule has 0 bridgehead atoms. The standard InChI is InChI=1S/C51H43N/c1-32-15-16-40(35-13-8-7-9-14-35)31-49(32)52(50-33(2)11-10-12-34(50)3)44-24-21-39-28-46-45-27-38-18-17-37(36-19-22-43(23-20-36)51(4,5)6)25-41(38)29-47(45)48(46)30-42(39)26-44/h7-31H,1-6H3. The molecule has 9 rings (SSSR count). The SMILES string of the molecule is Cc1ccc(-c2ccccc2)cc1N(c1ccc2cc3c(cc2c1)-c1cc2cc(-c4ccc(C(C)(C)C)cc4)ccc2cc1-3)c1c(C)cccc1C. The maximum Gasteiger partial charge on any atom is 0.0520 e. The van der Waals surface area contributed by atoms with E-state index < -0.39 is 0 Å². The van der Waals surface area contributed by atoms with Crippen LogP contribution in [-0.4, -0.2) is 0 Å².